The molecule has 8 nitrogen and oxygen atoms in total. The van der Waals surface area contributed by atoms with Gasteiger partial charge >= 0.3 is 11.6 Å². The Morgan fingerprint density at radius 1 is 0.903 bits per heavy atom. The zero-order valence-electron chi connectivity index (χ0n) is 17.0. The van der Waals surface area contributed by atoms with Gasteiger partial charge in [0.25, 0.3) is 0 Å². The van der Waals surface area contributed by atoms with Crippen molar-refractivity contribution in [2.45, 2.75) is 0 Å². The van der Waals surface area contributed by atoms with E-state index in [1.165, 1.54) is 7.11 Å². The van der Waals surface area contributed by atoms with Crippen LogP contribution in [0.4, 0.5) is 17.2 Å². The van der Waals surface area contributed by atoms with Gasteiger partial charge < -0.3 is 25.3 Å². The second kappa shape index (κ2) is 8.58. The van der Waals surface area contributed by atoms with Crippen LogP contribution in [0.15, 0.2) is 72.8 Å². The van der Waals surface area contributed by atoms with Gasteiger partial charge in [0.1, 0.15) is 17.0 Å². The molecule has 0 aliphatic carbocycles. The second-order valence-corrected chi connectivity index (χ2v) is 6.63. The molecule has 31 heavy (non-hydrogen) atoms. The fourth-order valence-electron chi connectivity index (χ4n) is 3.09. The Bertz CT molecular complexity index is 1230. The van der Waals surface area contributed by atoms with Crippen LogP contribution < -0.4 is 24.8 Å². The van der Waals surface area contributed by atoms with Gasteiger partial charge in [-0.2, -0.15) is 4.73 Å². The van der Waals surface area contributed by atoms with Crippen LogP contribution in [0.2, 0.25) is 0 Å². The Balaban J connectivity index is 1.79. The van der Waals surface area contributed by atoms with E-state index in [2.05, 4.69) is 15.6 Å². The largest absolute Gasteiger partial charge is 0.618 e. The number of aromatic nitrogens is 2. The Morgan fingerprint density at radius 3 is 2.26 bits per heavy atom. The quantitative estimate of drug-likeness (QED) is 0.366. The number of nitrogens with zero attached hydrogens (tertiary/aromatic N) is 2. The molecule has 156 valence electrons. The lowest BCUT2D eigenvalue weighted by molar-refractivity contribution is -0.578. The minimum Gasteiger partial charge on any atom is -0.618 e. The summed E-state index contributed by atoms with van der Waals surface area (Å²) in [5, 5.41) is 19.1. The van der Waals surface area contributed by atoms with E-state index in [4.69, 9.17) is 9.47 Å². The Morgan fingerprint density at radius 2 is 1.58 bits per heavy atom. The number of nitrogens with one attached hydrogen (secondary N) is 2. The number of hydrogen-bond donors (Lipinski definition) is 2. The van der Waals surface area contributed by atoms with Gasteiger partial charge in [-0.25, -0.2) is 4.98 Å². The van der Waals surface area contributed by atoms with Crippen molar-refractivity contribution < 1.29 is 19.0 Å². The highest BCUT2D eigenvalue weighted by Crippen LogP contribution is 2.24. The number of fused-ring (bicyclic) bond motifs is 1. The summed E-state index contributed by atoms with van der Waals surface area (Å²) in [4.78, 5) is 17.7. The number of carbonyl (C=O) groups is 1. The summed E-state index contributed by atoms with van der Waals surface area (Å²) in [6, 6.07) is 20.9. The summed E-state index contributed by atoms with van der Waals surface area (Å²) in [6.07, 6.45) is 0. The Kier molecular flexibility index (Phi) is 5.53. The number of hydrogen-bond acceptors (Lipinski definition) is 6. The van der Waals surface area contributed by atoms with Crippen molar-refractivity contribution in [1.82, 2.24) is 4.98 Å². The van der Waals surface area contributed by atoms with E-state index >= 15 is 0 Å². The van der Waals surface area contributed by atoms with Crippen molar-refractivity contribution >= 4 is 34.1 Å². The highest BCUT2D eigenvalue weighted by atomic mass is 16.5. The van der Waals surface area contributed by atoms with Crippen LogP contribution in [-0.4, -0.2) is 25.1 Å². The minimum atomic E-state index is -0.601. The molecular weight excluding hydrogens is 396 g/mol. The molecule has 3 aromatic carbocycles. The summed E-state index contributed by atoms with van der Waals surface area (Å²) in [7, 11) is 3.07. The van der Waals surface area contributed by atoms with E-state index in [-0.39, 0.29) is 17.0 Å². The number of rotatable bonds is 6. The molecule has 0 bridgehead atoms. The van der Waals surface area contributed by atoms with Crippen LogP contribution in [0.1, 0.15) is 10.5 Å². The molecule has 0 radical (unpaired) electrons. The topological polar surface area (TPSA) is 99.4 Å². The maximum Gasteiger partial charge on any atom is 0.325 e. The highest BCUT2D eigenvalue weighted by Gasteiger charge is 2.27. The van der Waals surface area contributed by atoms with Crippen LogP contribution in [-0.2, 0) is 0 Å². The van der Waals surface area contributed by atoms with Gasteiger partial charge in [0.15, 0.2) is 0 Å². The number of benzene rings is 3. The van der Waals surface area contributed by atoms with Crippen molar-refractivity contribution in [3.05, 3.63) is 83.7 Å². The molecule has 0 aliphatic rings. The number of carbonyl (C=O) groups excluding carboxylic acids is 1. The summed E-state index contributed by atoms with van der Waals surface area (Å²) in [6.45, 7) is 0. The van der Waals surface area contributed by atoms with E-state index in [0.717, 1.165) is 0 Å². The first-order valence-corrected chi connectivity index (χ1v) is 9.48. The number of anilines is 3. The molecule has 2 N–H and O–H groups in total. The maximum absolute atomic E-state index is 13.2. The first-order chi connectivity index (χ1) is 15.1. The highest BCUT2D eigenvalue weighted by molar-refractivity contribution is 6.06. The normalized spacial score (nSPS) is 10.5. The second-order valence-electron chi connectivity index (χ2n) is 6.63. The molecule has 0 aliphatic heterocycles. The third-order valence-corrected chi connectivity index (χ3v) is 4.66. The minimum absolute atomic E-state index is 0.143. The molecule has 0 saturated carbocycles. The van der Waals surface area contributed by atoms with E-state index in [1.807, 2.05) is 30.3 Å². The molecular formula is C23H20N4O4. The first kappa shape index (κ1) is 20.0. The van der Waals surface area contributed by atoms with E-state index < -0.39 is 5.91 Å². The van der Waals surface area contributed by atoms with Gasteiger partial charge in [-0.05, 0) is 48.5 Å². The Hall–Kier alpha value is -4.33. The summed E-state index contributed by atoms with van der Waals surface area (Å²) < 4.78 is 10.9. The Labute approximate surface area is 178 Å². The van der Waals surface area contributed by atoms with Crippen LogP contribution in [0.3, 0.4) is 0 Å². The average molecular weight is 416 g/mol. The van der Waals surface area contributed by atoms with E-state index in [1.54, 1.807) is 49.6 Å². The van der Waals surface area contributed by atoms with E-state index in [9.17, 15) is 10.0 Å². The first-order valence-electron chi connectivity index (χ1n) is 9.48. The molecule has 0 fully saturated rings. The van der Waals surface area contributed by atoms with Crippen LogP contribution >= 0.6 is 0 Å². The predicted octanol–water partition coefficient (Wildman–Crippen LogP) is 3.88. The molecule has 4 aromatic rings. The lowest BCUT2D eigenvalue weighted by atomic mass is 10.2. The zero-order valence-corrected chi connectivity index (χ0v) is 17.0. The van der Waals surface area contributed by atoms with Crippen molar-refractivity contribution in [1.29, 1.82) is 0 Å². The van der Waals surface area contributed by atoms with Gasteiger partial charge in [-0.3, -0.25) is 4.79 Å². The zero-order chi connectivity index (χ0) is 21.8. The van der Waals surface area contributed by atoms with Gasteiger partial charge in [-0.1, -0.05) is 18.2 Å². The molecule has 0 unspecified atom stereocenters. The average Bonchev–Trinajstić information content (AvgIpc) is 2.80. The van der Waals surface area contributed by atoms with E-state index in [0.29, 0.717) is 33.1 Å². The molecule has 0 atom stereocenters. The third kappa shape index (κ3) is 4.18. The van der Waals surface area contributed by atoms with Crippen LogP contribution in [0, 0.1) is 5.21 Å². The fraction of sp³-hybridized carbons (Fsp3) is 0.0870. The van der Waals surface area contributed by atoms with Crippen molar-refractivity contribution in [2.75, 3.05) is 24.9 Å². The summed E-state index contributed by atoms with van der Waals surface area (Å²) in [5.41, 5.74) is 1.69. The predicted molar refractivity (Wildman–Crippen MR) is 118 cm³/mol. The number of amides is 1. The standard InChI is InChI=1S/C23H20N4O4/c1-30-17-10-8-16(9-11-17)25-23(28)21-22(24-15-6-4-3-5-7-15)26-19-13-12-18(31-2)14-20(19)27(21)29/h3-14H,1-2H3,(H,24,26)(H,25,28). The van der Waals surface area contributed by atoms with Crippen LogP contribution in [0.25, 0.3) is 11.0 Å². The summed E-state index contributed by atoms with van der Waals surface area (Å²) >= 11 is 0. The molecule has 1 amide bonds. The number of para-hydroxylation sites is 1. The molecule has 0 saturated heterocycles. The number of methoxy groups -OCH3 is 2. The number of ether oxygens (including phenoxy) is 2. The molecule has 1 aromatic heterocycles. The lowest BCUT2D eigenvalue weighted by Gasteiger charge is -2.14. The molecule has 0 spiro atoms. The van der Waals surface area contributed by atoms with Gasteiger partial charge in [0, 0.05) is 11.4 Å². The van der Waals surface area contributed by atoms with Gasteiger partial charge in [0.05, 0.1) is 20.3 Å². The van der Waals surface area contributed by atoms with Crippen molar-refractivity contribution in [2.24, 2.45) is 0 Å². The molecule has 8 heteroatoms. The monoisotopic (exact) mass is 416 g/mol. The fourth-order valence-corrected chi connectivity index (χ4v) is 3.09. The lowest BCUT2D eigenvalue weighted by Crippen LogP contribution is -2.39. The third-order valence-electron chi connectivity index (χ3n) is 4.66. The van der Waals surface area contributed by atoms with Crippen LogP contribution in [0.5, 0.6) is 11.5 Å². The smallest absolute Gasteiger partial charge is 0.325 e. The van der Waals surface area contributed by atoms with Gasteiger partial charge in [-0.15, -0.1) is 0 Å². The molecule has 1 heterocycles. The van der Waals surface area contributed by atoms with Crippen molar-refractivity contribution in [3.63, 3.8) is 0 Å². The maximum atomic E-state index is 13.2. The molecule has 4 rings (SSSR count). The van der Waals surface area contributed by atoms with Crippen molar-refractivity contribution in [3.8, 4) is 11.5 Å². The van der Waals surface area contributed by atoms with Gasteiger partial charge in [0.2, 0.25) is 11.3 Å². The summed E-state index contributed by atoms with van der Waals surface area (Å²) in [5.74, 6) is 0.688. The SMILES string of the molecule is COc1ccc(NC(=O)c2c(Nc3ccccc3)nc3ccc(OC)cc3[n+]2[O-])cc1.